The molecule has 1 fully saturated rings. The number of carbonyl (C=O) groups is 1. The summed E-state index contributed by atoms with van der Waals surface area (Å²) in [6.07, 6.45) is 3.74. The number of piperidine rings is 1. The van der Waals surface area contributed by atoms with Gasteiger partial charge in [-0.2, -0.15) is 0 Å². The van der Waals surface area contributed by atoms with Gasteiger partial charge in [-0.05, 0) is 24.5 Å². The molecule has 2 rings (SSSR count). The van der Waals surface area contributed by atoms with E-state index < -0.39 is 0 Å². The highest BCUT2D eigenvalue weighted by Gasteiger charge is 2.26. The molecule has 0 aromatic carbocycles. The quantitative estimate of drug-likeness (QED) is 0.921. The molecular weight excluding hydrogens is 278 g/mol. The van der Waals surface area contributed by atoms with Crippen molar-refractivity contribution in [2.45, 2.75) is 46.2 Å². The first-order valence-corrected chi connectivity index (χ1v) is 7.94. The molecule has 0 atom stereocenters. The van der Waals surface area contributed by atoms with E-state index in [9.17, 15) is 9.59 Å². The highest BCUT2D eigenvalue weighted by Crippen LogP contribution is 2.17. The second-order valence-electron chi connectivity index (χ2n) is 7.26. The van der Waals surface area contributed by atoms with E-state index in [-0.39, 0.29) is 22.9 Å². The Kier molecular flexibility index (Phi) is 5.06. The minimum absolute atomic E-state index is 0.0322. The van der Waals surface area contributed by atoms with Crippen molar-refractivity contribution in [3.05, 3.63) is 34.2 Å². The predicted molar refractivity (Wildman–Crippen MR) is 87.6 cm³/mol. The lowest BCUT2D eigenvalue weighted by molar-refractivity contribution is -0.129. The van der Waals surface area contributed by atoms with Crippen LogP contribution in [0.3, 0.4) is 0 Å². The highest BCUT2D eigenvalue weighted by atomic mass is 16.2. The van der Waals surface area contributed by atoms with Gasteiger partial charge in [0.2, 0.25) is 5.91 Å². The van der Waals surface area contributed by atoms with Crippen LogP contribution in [0.1, 0.15) is 39.2 Å². The van der Waals surface area contributed by atoms with E-state index in [0.29, 0.717) is 0 Å². The Morgan fingerprint density at radius 3 is 2.50 bits per heavy atom. The number of likely N-dealkylation sites (tertiary alicyclic amines) is 1. The van der Waals surface area contributed by atoms with E-state index >= 15 is 0 Å². The number of amides is 1. The summed E-state index contributed by atoms with van der Waals surface area (Å²) in [6.45, 7) is 8.51. The number of hydrogen-bond donors (Lipinski definition) is 1. The molecule has 22 heavy (non-hydrogen) atoms. The molecule has 0 aliphatic carbocycles. The first-order valence-electron chi connectivity index (χ1n) is 7.94. The van der Waals surface area contributed by atoms with Gasteiger partial charge in [-0.25, -0.2) is 0 Å². The minimum atomic E-state index is -0.332. The number of rotatable bonds is 3. The Hall–Kier alpha value is -1.62. The zero-order valence-corrected chi connectivity index (χ0v) is 14.1. The monoisotopic (exact) mass is 305 g/mol. The fourth-order valence-electron chi connectivity index (χ4n) is 2.58. The third kappa shape index (κ3) is 4.44. The number of hydrogen-bond acceptors (Lipinski definition) is 3. The summed E-state index contributed by atoms with van der Waals surface area (Å²) in [4.78, 5) is 26.0. The maximum atomic E-state index is 12.0. The summed E-state index contributed by atoms with van der Waals surface area (Å²) in [5.41, 5.74) is 0.756. The molecule has 1 saturated heterocycles. The normalized spacial score (nSPS) is 17.5. The highest BCUT2D eigenvalue weighted by molar-refractivity contribution is 5.81. The Bertz CT molecular complexity index is 578. The smallest absolute Gasteiger partial charge is 0.250 e. The summed E-state index contributed by atoms with van der Waals surface area (Å²) in [5, 5.41) is 3.14. The van der Waals surface area contributed by atoms with Crippen LogP contribution in [0, 0.1) is 5.41 Å². The molecule has 1 aliphatic heterocycles. The fourth-order valence-corrected chi connectivity index (χ4v) is 2.58. The van der Waals surface area contributed by atoms with Gasteiger partial charge < -0.3 is 9.88 Å². The number of aromatic nitrogens is 1. The Morgan fingerprint density at radius 2 is 1.95 bits per heavy atom. The zero-order valence-electron chi connectivity index (χ0n) is 14.1. The maximum Gasteiger partial charge on any atom is 0.250 e. The molecule has 5 heteroatoms. The molecule has 1 aromatic rings. The molecule has 0 bridgehead atoms. The van der Waals surface area contributed by atoms with Crippen LogP contribution in [0.25, 0.3) is 0 Å². The lowest BCUT2D eigenvalue weighted by atomic mass is 9.94. The van der Waals surface area contributed by atoms with Crippen LogP contribution in [-0.4, -0.2) is 34.5 Å². The number of carbonyl (C=O) groups excluding carboxylic acids is 1. The number of pyridine rings is 1. The molecule has 0 unspecified atom stereocenters. The van der Waals surface area contributed by atoms with Crippen molar-refractivity contribution in [2.75, 3.05) is 13.1 Å². The van der Waals surface area contributed by atoms with Gasteiger partial charge in [-0.1, -0.05) is 20.8 Å². The predicted octanol–water partition coefficient (Wildman–Crippen LogP) is 1.51. The van der Waals surface area contributed by atoms with Crippen LogP contribution in [0.2, 0.25) is 0 Å². The molecule has 2 heterocycles. The van der Waals surface area contributed by atoms with Crippen molar-refractivity contribution in [3.63, 3.8) is 0 Å². The Labute approximate surface area is 132 Å². The molecular formula is C17H27N3O2. The Morgan fingerprint density at radius 1 is 1.32 bits per heavy atom. The number of nitrogens with zero attached hydrogens (tertiary/aromatic N) is 2. The number of nitrogens with one attached hydrogen (secondary N) is 1. The lowest BCUT2D eigenvalue weighted by Crippen LogP contribution is -2.47. The molecule has 0 spiro atoms. The van der Waals surface area contributed by atoms with Gasteiger partial charge >= 0.3 is 0 Å². The van der Waals surface area contributed by atoms with E-state index in [0.717, 1.165) is 38.0 Å². The van der Waals surface area contributed by atoms with Crippen molar-refractivity contribution < 1.29 is 4.79 Å². The van der Waals surface area contributed by atoms with Gasteiger partial charge in [-0.3, -0.25) is 14.5 Å². The van der Waals surface area contributed by atoms with Crippen molar-refractivity contribution in [1.82, 2.24) is 14.8 Å². The van der Waals surface area contributed by atoms with Crippen LogP contribution in [-0.2, 0) is 18.4 Å². The van der Waals surface area contributed by atoms with E-state index in [1.165, 1.54) is 0 Å². The summed E-state index contributed by atoms with van der Waals surface area (Å²) in [6, 6.07) is 3.97. The van der Waals surface area contributed by atoms with Crippen LogP contribution >= 0.6 is 0 Å². The van der Waals surface area contributed by atoms with Crippen molar-refractivity contribution >= 4 is 5.91 Å². The molecule has 1 aromatic heterocycles. The summed E-state index contributed by atoms with van der Waals surface area (Å²) in [5.74, 6) is 0.123. The molecule has 122 valence electrons. The van der Waals surface area contributed by atoms with Crippen molar-refractivity contribution in [2.24, 2.45) is 12.5 Å². The largest absolute Gasteiger partial charge is 0.353 e. The van der Waals surface area contributed by atoms with Crippen LogP contribution in [0.15, 0.2) is 23.1 Å². The fraction of sp³-hybridized carbons (Fsp3) is 0.647. The van der Waals surface area contributed by atoms with Gasteiger partial charge in [0.1, 0.15) is 0 Å². The van der Waals surface area contributed by atoms with Gasteiger partial charge in [0, 0.05) is 50.4 Å². The first-order chi connectivity index (χ1) is 10.3. The maximum absolute atomic E-state index is 12.0. The molecule has 1 aliphatic rings. The second-order valence-corrected chi connectivity index (χ2v) is 7.26. The SMILES string of the molecule is Cn1ccc(CN2CCC(NC(=O)C(C)(C)C)CC2)cc1=O. The lowest BCUT2D eigenvalue weighted by Gasteiger charge is -2.33. The van der Waals surface area contributed by atoms with E-state index in [4.69, 9.17) is 0 Å². The van der Waals surface area contributed by atoms with Crippen molar-refractivity contribution in [1.29, 1.82) is 0 Å². The zero-order chi connectivity index (χ0) is 16.3. The van der Waals surface area contributed by atoms with Gasteiger partial charge in [0.15, 0.2) is 0 Å². The Balaban J connectivity index is 1.83. The van der Waals surface area contributed by atoms with E-state index in [1.54, 1.807) is 17.7 Å². The van der Waals surface area contributed by atoms with Crippen LogP contribution in [0.4, 0.5) is 0 Å². The topological polar surface area (TPSA) is 54.3 Å². The van der Waals surface area contributed by atoms with Gasteiger partial charge in [0.25, 0.3) is 5.56 Å². The third-order valence-corrected chi connectivity index (χ3v) is 4.18. The van der Waals surface area contributed by atoms with Crippen LogP contribution < -0.4 is 10.9 Å². The summed E-state index contributed by atoms with van der Waals surface area (Å²) >= 11 is 0. The minimum Gasteiger partial charge on any atom is -0.353 e. The molecule has 0 radical (unpaired) electrons. The summed E-state index contributed by atoms with van der Waals surface area (Å²) in [7, 11) is 1.76. The van der Waals surface area contributed by atoms with Crippen LogP contribution in [0.5, 0.6) is 0 Å². The standard InChI is InChI=1S/C17H27N3O2/c1-17(2,3)16(22)18-14-6-9-20(10-7-14)12-13-5-8-19(4)15(21)11-13/h5,8,11,14H,6-7,9-10,12H2,1-4H3,(H,18,22). The van der Waals surface area contributed by atoms with E-state index in [1.807, 2.05) is 33.0 Å². The first kappa shape index (κ1) is 16.7. The average molecular weight is 305 g/mol. The second kappa shape index (κ2) is 6.65. The molecule has 1 amide bonds. The summed E-state index contributed by atoms with van der Waals surface area (Å²) < 4.78 is 1.58. The average Bonchev–Trinajstić information content (AvgIpc) is 2.44. The molecule has 0 saturated carbocycles. The van der Waals surface area contributed by atoms with Crippen molar-refractivity contribution in [3.8, 4) is 0 Å². The van der Waals surface area contributed by atoms with Gasteiger partial charge in [-0.15, -0.1) is 0 Å². The third-order valence-electron chi connectivity index (χ3n) is 4.18. The van der Waals surface area contributed by atoms with Gasteiger partial charge in [0.05, 0.1) is 0 Å². The molecule has 5 nitrogen and oxygen atoms in total. The number of aryl methyl sites for hydroxylation is 1. The van der Waals surface area contributed by atoms with E-state index in [2.05, 4.69) is 10.2 Å². The molecule has 1 N–H and O–H groups in total.